The van der Waals surface area contributed by atoms with Crippen molar-refractivity contribution in [2.45, 2.75) is 31.3 Å². The molecule has 1 fully saturated rings. The summed E-state index contributed by atoms with van der Waals surface area (Å²) in [7, 11) is 0. The maximum atomic E-state index is 13.4. The molecule has 0 bridgehead atoms. The molecule has 37 heavy (non-hydrogen) atoms. The lowest BCUT2D eigenvalue weighted by atomic mass is 10.0. The molecule has 4 N–H and O–H groups in total. The van der Waals surface area contributed by atoms with Gasteiger partial charge in [0, 0.05) is 34.6 Å². The fourth-order valence-corrected chi connectivity index (χ4v) is 4.02. The Morgan fingerprint density at radius 1 is 1.00 bits per heavy atom. The molecular formula is C25H21Cl2F4N5O. The van der Waals surface area contributed by atoms with Gasteiger partial charge in [0.05, 0.1) is 11.7 Å². The van der Waals surface area contributed by atoms with Crippen molar-refractivity contribution in [1.29, 1.82) is 0 Å². The lowest BCUT2D eigenvalue weighted by molar-refractivity contribution is -0.137. The monoisotopic (exact) mass is 553 g/mol. The maximum Gasteiger partial charge on any atom is 0.416 e. The molecule has 3 aromatic carbocycles. The van der Waals surface area contributed by atoms with E-state index in [0.717, 1.165) is 35.9 Å². The van der Waals surface area contributed by atoms with Crippen LogP contribution in [0.1, 0.15) is 39.5 Å². The molecule has 1 saturated heterocycles. The van der Waals surface area contributed by atoms with Crippen molar-refractivity contribution in [3.05, 3.63) is 105 Å². The van der Waals surface area contributed by atoms with Crippen molar-refractivity contribution in [2.75, 3.05) is 0 Å². The van der Waals surface area contributed by atoms with Crippen LogP contribution in [0.25, 0.3) is 0 Å². The molecule has 0 aliphatic carbocycles. The van der Waals surface area contributed by atoms with Crippen LogP contribution in [0.15, 0.2) is 71.7 Å². The quantitative estimate of drug-likeness (QED) is 0.188. The SMILES string of the molecule is O=C(/N=C(/NCc1ccc(F)cc1Cl)NC1CC(c2ccc(Cl)cc2)NN1)c1ccc(C(F)(F)F)cc1. The van der Waals surface area contributed by atoms with E-state index in [1.807, 2.05) is 12.1 Å². The molecule has 1 aliphatic heterocycles. The minimum atomic E-state index is -4.52. The first-order chi connectivity index (χ1) is 17.6. The molecule has 4 rings (SSSR count). The molecule has 6 nitrogen and oxygen atoms in total. The van der Waals surface area contributed by atoms with Crippen LogP contribution in [0, 0.1) is 5.82 Å². The standard InChI is InChI=1S/C25H21Cl2F4N5O/c26-18-8-3-14(4-9-18)21-12-22(36-35-21)33-24(32-13-16-5-10-19(28)11-20(16)27)34-23(37)15-1-6-17(7-2-15)25(29,30)31/h1-11,21-22,35-36H,12-13H2,(H2,32,33,34,37). The van der Waals surface area contributed by atoms with Crippen molar-refractivity contribution in [3.63, 3.8) is 0 Å². The summed E-state index contributed by atoms with van der Waals surface area (Å²) in [6.45, 7) is 0.103. The number of carbonyl (C=O) groups excluding carboxylic acids is 1. The van der Waals surface area contributed by atoms with E-state index in [0.29, 0.717) is 17.0 Å². The highest BCUT2D eigenvalue weighted by molar-refractivity contribution is 6.31. The molecule has 1 heterocycles. The number of nitrogens with zero attached hydrogens (tertiary/aromatic N) is 1. The van der Waals surface area contributed by atoms with Crippen LogP contribution in [0.2, 0.25) is 10.0 Å². The zero-order valence-corrected chi connectivity index (χ0v) is 20.6. The predicted octanol–water partition coefficient (Wildman–Crippen LogP) is 5.59. The minimum absolute atomic E-state index is 0.0227. The number of carbonyl (C=O) groups is 1. The fraction of sp³-hybridized carbons (Fsp3) is 0.200. The summed E-state index contributed by atoms with van der Waals surface area (Å²) < 4.78 is 52.0. The van der Waals surface area contributed by atoms with E-state index in [2.05, 4.69) is 26.5 Å². The van der Waals surface area contributed by atoms with Crippen molar-refractivity contribution >= 4 is 35.1 Å². The van der Waals surface area contributed by atoms with Gasteiger partial charge in [0.2, 0.25) is 5.96 Å². The van der Waals surface area contributed by atoms with E-state index in [4.69, 9.17) is 23.2 Å². The summed E-state index contributed by atoms with van der Waals surface area (Å²) in [6, 6.07) is 15.0. The number of rotatable bonds is 5. The number of guanidine groups is 1. The molecule has 0 radical (unpaired) electrons. The van der Waals surface area contributed by atoms with E-state index in [9.17, 15) is 22.4 Å². The van der Waals surface area contributed by atoms with Gasteiger partial charge in [-0.05, 0) is 59.7 Å². The van der Waals surface area contributed by atoms with E-state index >= 15 is 0 Å². The number of nitrogens with one attached hydrogen (secondary N) is 4. The van der Waals surface area contributed by atoms with Gasteiger partial charge in [0.1, 0.15) is 5.82 Å². The summed E-state index contributed by atoms with van der Waals surface area (Å²) in [5.74, 6) is -1.19. The number of amides is 1. The van der Waals surface area contributed by atoms with Gasteiger partial charge in [-0.25, -0.2) is 15.2 Å². The lowest BCUT2D eigenvalue weighted by Gasteiger charge is -2.17. The Hall–Kier alpha value is -3.18. The van der Waals surface area contributed by atoms with Crippen LogP contribution in [0.4, 0.5) is 17.6 Å². The van der Waals surface area contributed by atoms with Gasteiger partial charge in [-0.1, -0.05) is 41.4 Å². The molecule has 1 aliphatic rings. The molecule has 0 aromatic heterocycles. The molecule has 0 saturated carbocycles. The molecule has 12 heteroatoms. The van der Waals surface area contributed by atoms with E-state index in [1.165, 1.54) is 12.1 Å². The predicted molar refractivity (Wildman–Crippen MR) is 133 cm³/mol. The van der Waals surface area contributed by atoms with Crippen molar-refractivity contribution in [3.8, 4) is 0 Å². The zero-order chi connectivity index (χ0) is 26.6. The second-order valence-electron chi connectivity index (χ2n) is 8.26. The van der Waals surface area contributed by atoms with Crippen LogP contribution < -0.4 is 21.5 Å². The summed E-state index contributed by atoms with van der Waals surface area (Å²) >= 11 is 12.1. The number of alkyl halides is 3. The van der Waals surface area contributed by atoms with Crippen LogP contribution in [0.3, 0.4) is 0 Å². The highest BCUT2D eigenvalue weighted by atomic mass is 35.5. The maximum absolute atomic E-state index is 13.4. The highest BCUT2D eigenvalue weighted by Crippen LogP contribution is 2.29. The Balaban J connectivity index is 1.50. The Kier molecular flexibility index (Phi) is 8.33. The number of aliphatic imine (C=N–C) groups is 1. The first-order valence-electron chi connectivity index (χ1n) is 11.1. The van der Waals surface area contributed by atoms with E-state index in [1.54, 1.807) is 12.1 Å². The summed E-state index contributed by atoms with van der Waals surface area (Å²) in [6.07, 6.45) is -4.32. The molecule has 2 unspecified atom stereocenters. The van der Waals surface area contributed by atoms with Crippen molar-refractivity contribution in [1.82, 2.24) is 21.5 Å². The van der Waals surface area contributed by atoms with Crippen LogP contribution >= 0.6 is 23.2 Å². The smallest absolute Gasteiger partial charge is 0.352 e. The third-order valence-electron chi connectivity index (χ3n) is 5.62. The molecule has 3 aromatic rings. The van der Waals surface area contributed by atoms with Crippen molar-refractivity contribution < 1.29 is 22.4 Å². The average molecular weight is 554 g/mol. The number of hydrogen-bond acceptors (Lipinski definition) is 3. The fourth-order valence-electron chi connectivity index (χ4n) is 3.66. The van der Waals surface area contributed by atoms with Gasteiger partial charge in [-0.2, -0.15) is 18.2 Å². The largest absolute Gasteiger partial charge is 0.416 e. The second kappa shape index (κ2) is 11.5. The lowest BCUT2D eigenvalue weighted by Crippen LogP contribution is -2.49. The summed E-state index contributed by atoms with van der Waals surface area (Å²) in [5, 5.41) is 6.85. The molecular weight excluding hydrogens is 533 g/mol. The molecule has 2 atom stereocenters. The van der Waals surface area contributed by atoms with Gasteiger partial charge < -0.3 is 10.6 Å². The molecule has 194 valence electrons. The Morgan fingerprint density at radius 3 is 2.35 bits per heavy atom. The number of benzene rings is 3. The molecule has 1 amide bonds. The second-order valence-corrected chi connectivity index (χ2v) is 9.10. The highest BCUT2D eigenvalue weighted by Gasteiger charge is 2.30. The number of hydrazine groups is 1. The van der Waals surface area contributed by atoms with Gasteiger partial charge in [-0.3, -0.25) is 4.79 Å². The zero-order valence-electron chi connectivity index (χ0n) is 19.0. The summed E-state index contributed by atoms with van der Waals surface area (Å²) in [5.41, 5.74) is 6.88. The number of halogens is 6. The topological polar surface area (TPSA) is 77.5 Å². The number of hydrogen-bond donors (Lipinski definition) is 4. The van der Waals surface area contributed by atoms with Crippen LogP contribution in [-0.2, 0) is 12.7 Å². The minimum Gasteiger partial charge on any atom is -0.352 e. The molecule has 0 spiro atoms. The van der Waals surface area contributed by atoms with Gasteiger partial charge in [-0.15, -0.1) is 0 Å². The first-order valence-corrected chi connectivity index (χ1v) is 11.9. The average Bonchev–Trinajstić information content (AvgIpc) is 3.31. The van der Waals surface area contributed by atoms with Gasteiger partial charge in [0.15, 0.2) is 0 Å². The first kappa shape index (κ1) is 26.9. The third-order valence-corrected chi connectivity index (χ3v) is 6.22. The third kappa shape index (κ3) is 7.20. The Labute approximate surface area is 220 Å². The van der Waals surface area contributed by atoms with Gasteiger partial charge in [0.25, 0.3) is 5.91 Å². The van der Waals surface area contributed by atoms with Crippen LogP contribution in [-0.4, -0.2) is 18.0 Å². The summed E-state index contributed by atoms with van der Waals surface area (Å²) in [4.78, 5) is 16.8. The van der Waals surface area contributed by atoms with Crippen molar-refractivity contribution in [2.24, 2.45) is 4.99 Å². The Bertz CT molecular complexity index is 1280. The van der Waals surface area contributed by atoms with E-state index < -0.39 is 23.5 Å². The normalized spacial score (nSPS) is 18.1. The van der Waals surface area contributed by atoms with E-state index in [-0.39, 0.29) is 35.3 Å². The van der Waals surface area contributed by atoms with Crippen LogP contribution in [0.5, 0.6) is 0 Å². The van der Waals surface area contributed by atoms with Gasteiger partial charge >= 0.3 is 6.18 Å². The Morgan fingerprint density at radius 2 is 1.70 bits per heavy atom.